The molecule has 0 spiro atoms. The summed E-state index contributed by atoms with van der Waals surface area (Å²) in [6.07, 6.45) is -4.53. The second kappa shape index (κ2) is 4.95. The number of aromatic nitrogens is 1. The van der Waals surface area contributed by atoms with Gasteiger partial charge in [-0.1, -0.05) is 62.9 Å². The first-order chi connectivity index (χ1) is 8.60. The fourth-order valence-electron chi connectivity index (χ4n) is 1.58. The van der Waals surface area contributed by atoms with E-state index in [1.165, 1.54) is 18.2 Å². The van der Waals surface area contributed by atoms with Crippen LogP contribution in [0.15, 0.2) is 28.7 Å². The summed E-state index contributed by atoms with van der Waals surface area (Å²) < 4.78 is 37.3. The van der Waals surface area contributed by atoms with Crippen molar-refractivity contribution < 1.29 is 13.2 Å². The first kappa shape index (κ1) is 15.2. The van der Waals surface area contributed by atoms with Gasteiger partial charge in [0.2, 0.25) is 3.79 Å². The minimum atomic E-state index is -4.53. The fourth-order valence-corrected chi connectivity index (χ4v) is 2.41. The van der Waals surface area contributed by atoms with Crippen molar-refractivity contribution in [2.75, 3.05) is 0 Å². The topological polar surface area (TPSA) is 12.9 Å². The van der Waals surface area contributed by atoms with Crippen LogP contribution < -0.4 is 0 Å². The van der Waals surface area contributed by atoms with E-state index in [1.54, 1.807) is 0 Å². The Kier molecular flexibility index (Phi) is 3.95. The summed E-state index contributed by atoms with van der Waals surface area (Å²) in [6.45, 7) is 0. The van der Waals surface area contributed by atoms with E-state index in [0.29, 0.717) is 9.86 Å². The van der Waals surface area contributed by atoms with Crippen molar-refractivity contribution in [1.29, 1.82) is 0 Å². The number of benzene rings is 1. The maximum atomic E-state index is 12.9. The zero-order chi connectivity index (χ0) is 14.4. The molecule has 0 saturated carbocycles. The van der Waals surface area contributed by atoms with Crippen molar-refractivity contribution in [2.24, 2.45) is 0 Å². The highest BCUT2D eigenvalue weighted by atomic mass is 79.9. The second-order valence-corrected chi connectivity index (χ2v) is 6.82. The van der Waals surface area contributed by atoms with Gasteiger partial charge in [0.15, 0.2) is 0 Å². The molecule has 1 aromatic heterocycles. The predicted molar refractivity (Wildman–Crippen MR) is 73.7 cm³/mol. The van der Waals surface area contributed by atoms with Gasteiger partial charge in [0, 0.05) is 9.86 Å². The van der Waals surface area contributed by atoms with Crippen molar-refractivity contribution in [1.82, 2.24) is 4.98 Å². The molecule has 0 amide bonds. The van der Waals surface area contributed by atoms with Gasteiger partial charge in [0.05, 0.1) is 16.8 Å². The van der Waals surface area contributed by atoms with Crippen LogP contribution in [0.2, 0.25) is 0 Å². The number of hydrogen-bond acceptors (Lipinski definition) is 1. The maximum absolute atomic E-state index is 12.9. The Hall–Kier alpha value is -0.230. The van der Waals surface area contributed by atoms with E-state index in [-0.39, 0.29) is 11.2 Å². The van der Waals surface area contributed by atoms with Crippen LogP contribution in [0.25, 0.3) is 10.9 Å². The van der Waals surface area contributed by atoms with Crippen molar-refractivity contribution in [3.63, 3.8) is 0 Å². The minimum Gasteiger partial charge on any atom is -0.248 e. The minimum absolute atomic E-state index is 0.0754. The van der Waals surface area contributed by atoms with E-state index in [0.717, 1.165) is 6.07 Å². The molecule has 0 saturated heterocycles. The number of nitrogens with zero attached hydrogens (tertiary/aromatic N) is 1. The molecule has 19 heavy (non-hydrogen) atoms. The van der Waals surface area contributed by atoms with Crippen LogP contribution in [0.4, 0.5) is 13.2 Å². The predicted octanol–water partition coefficient (Wildman–Crippen LogP) is 5.84. The molecule has 0 unspecified atom stereocenters. The standard InChI is InChI=1S/C11H4BrCl3F3N/c12-7-4-8(10(13,14)15)19-9-5(7)2-1-3-6(9)11(16,17)18/h1-4H. The maximum Gasteiger partial charge on any atom is 0.418 e. The molecule has 0 aliphatic carbocycles. The van der Waals surface area contributed by atoms with Crippen LogP contribution in [0.5, 0.6) is 0 Å². The van der Waals surface area contributed by atoms with Crippen molar-refractivity contribution in [3.05, 3.63) is 40.0 Å². The number of pyridine rings is 1. The zero-order valence-corrected chi connectivity index (χ0v) is 12.8. The van der Waals surface area contributed by atoms with E-state index < -0.39 is 15.5 Å². The van der Waals surface area contributed by atoms with Gasteiger partial charge in [-0.05, 0) is 12.1 Å². The quantitative estimate of drug-likeness (QED) is 0.512. The molecule has 2 aromatic rings. The summed E-state index contributed by atoms with van der Waals surface area (Å²) in [7, 11) is 0. The number of rotatable bonds is 0. The number of hydrogen-bond donors (Lipinski definition) is 0. The summed E-state index contributed by atoms with van der Waals surface area (Å²) >= 11 is 20.1. The Balaban J connectivity index is 2.84. The van der Waals surface area contributed by atoms with Crippen LogP contribution >= 0.6 is 50.7 Å². The molecule has 0 N–H and O–H groups in total. The zero-order valence-electron chi connectivity index (χ0n) is 8.90. The lowest BCUT2D eigenvalue weighted by Crippen LogP contribution is -2.09. The van der Waals surface area contributed by atoms with Gasteiger partial charge >= 0.3 is 6.18 Å². The Morgan fingerprint density at radius 3 is 2.26 bits per heavy atom. The van der Waals surface area contributed by atoms with Crippen molar-refractivity contribution in [2.45, 2.75) is 9.97 Å². The van der Waals surface area contributed by atoms with Gasteiger partial charge < -0.3 is 0 Å². The third kappa shape index (κ3) is 3.10. The highest BCUT2D eigenvalue weighted by molar-refractivity contribution is 9.10. The summed E-state index contributed by atoms with van der Waals surface area (Å²) in [5.74, 6) is 0. The highest BCUT2D eigenvalue weighted by Crippen LogP contribution is 2.41. The molecular formula is C11H4BrCl3F3N. The van der Waals surface area contributed by atoms with Gasteiger partial charge in [-0.3, -0.25) is 0 Å². The van der Waals surface area contributed by atoms with Crippen molar-refractivity contribution in [3.8, 4) is 0 Å². The summed E-state index contributed by atoms with van der Waals surface area (Å²) in [4.78, 5) is 3.83. The monoisotopic (exact) mass is 391 g/mol. The molecule has 1 nitrogen and oxygen atoms in total. The second-order valence-electron chi connectivity index (χ2n) is 3.69. The van der Waals surface area contributed by atoms with E-state index in [1.807, 2.05) is 0 Å². The molecule has 0 aliphatic heterocycles. The van der Waals surface area contributed by atoms with Crippen LogP contribution in [0.3, 0.4) is 0 Å². The molecule has 0 bridgehead atoms. The van der Waals surface area contributed by atoms with Gasteiger partial charge in [-0.25, -0.2) is 4.98 Å². The lowest BCUT2D eigenvalue weighted by atomic mass is 10.1. The number of fused-ring (bicyclic) bond motifs is 1. The Morgan fingerprint density at radius 1 is 1.11 bits per heavy atom. The SMILES string of the molecule is FC(F)(F)c1cccc2c(Br)cc(C(Cl)(Cl)Cl)nc12. The average molecular weight is 393 g/mol. The van der Waals surface area contributed by atoms with Gasteiger partial charge in [-0.2, -0.15) is 13.2 Å². The normalized spacial score (nSPS) is 13.0. The molecule has 1 aromatic carbocycles. The van der Waals surface area contributed by atoms with Gasteiger partial charge in [0.25, 0.3) is 0 Å². The molecule has 0 atom stereocenters. The Morgan fingerprint density at radius 2 is 1.74 bits per heavy atom. The van der Waals surface area contributed by atoms with Crippen molar-refractivity contribution >= 4 is 61.6 Å². The number of halogens is 7. The summed E-state index contributed by atoms with van der Waals surface area (Å²) in [6, 6.07) is 5.12. The molecule has 0 fully saturated rings. The lowest BCUT2D eigenvalue weighted by molar-refractivity contribution is -0.136. The Bertz CT molecular complexity index is 637. The molecule has 102 valence electrons. The highest BCUT2D eigenvalue weighted by Gasteiger charge is 2.34. The van der Waals surface area contributed by atoms with Crippen LogP contribution in [0, 0.1) is 0 Å². The van der Waals surface area contributed by atoms with E-state index in [2.05, 4.69) is 20.9 Å². The molecule has 1 heterocycles. The number of para-hydroxylation sites is 1. The van der Waals surface area contributed by atoms with E-state index >= 15 is 0 Å². The van der Waals surface area contributed by atoms with Gasteiger partial charge in [-0.15, -0.1) is 0 Å². The first-order valence-electron chi connectivity index (χ1n) is 4.84. The van der Waals surface area contributed by atoms with Crippen LogP contribution in [0.1, 0.15) is 11.3 Å². The molecule has 8 heteroatoms. The van der Waals surface area contributed by atoms with Gasteiger partial charge in [0.1, 0.15) is 0 Å². The van der Waals surface area contributed by atoms with E-state index in [4.69, 9.17) is 34.8 Å². The molecule has 2 rings (SSSR count). The smallest absolute Gasteiger partial charge is 0.248 e. The third-order valence-corrected chi connectivity index (χ3v) is 3.62. The molecule has 0 aliphatic rings. The van der Waals surface area contributed by atoms with E-state index in [9.17, 15) is 13.2 Å². The lowest BCUT2D eigenvalue weighted by Gasteiger charge is -2.15. The number of alkyl halides is 6. The first-order valence-corrected chi connectivity index (χ1v) is 6.77. The van der Waals surface area contributed by atoms with Crippen LogP contribution in [-0.4, -0.2) is 4.98 Å². The largest absolute Gasteiger partial charge is 0.418 e. The summed E-state index contributed by atoms with van der Waals surface area (Å²) in [5, 5.41) is 0.299. The third-order valence-electron chi connectivity index (χ3n) is 2.38. The van der Waals surface area contributed by atoms with Crippen LogP contribution in [-0.2, 0) is 9.97 Å². The Labute approximate surface area is 129 Å². The molecular weight excluding hydrogens is 389 g/mol. The summed E-state index contributed by atoms with van der Waals surface area (Å²) in [5.41, 5.74) is -1.21. The average Bonchev–Trinajstić information content (AvgIpc) is 2.25. The fraction of sp³-hybridized carbons (Fsp3) is 0.182. The molecule has 0 radical (unpaired) electrons.